The Hall–Kier alpha value is -2.13. The fourth-order valence-corrected chi connectivity index (χ4v) is 4.32. The van der Waals surface area contributed by atoms with Gasteiger partial charge in [-0.25, -0.2) is 4.98 Å². The van der Waals surface area contributed by atoms with Crippen molar-refractivity contribution in [3.8, 4) is 0 Å². The van der Waals surface area contributed by atoms with Crippen molar-refractivity contribution in [2.75, 3.05) is 6.54 Å². The Morgan fingerprint density at radius 1 is 1.44 bits per heavy atom. The van der Waals surface area contributed by atoms with Gasteiger partial charge in [0.1, 0.15) is 10.6 Å². The quantitative estimate of drug-likeness (QED) is 0.754. The number of furan rings is 1. The topological polar surface area (TPSA) is 60.1 Å². The molecule has 4 heterocycles. The Bertz CT molecular complexity index is 1020. The maximum atomic E-state index is 13.1. The summed E-state index contributed by atoms with van der Waals surface area (Å²) in [4.78, 5) is 18.8. The number of aryl methyl sites for hydroxylation is 1. The fourth-order valence-electron chi connectivity index (χ4n) is 3.17. The third-order valence-electron chi connectivity index (χ3n) is 4.23. The smallest absolute Gasteiger partial charge is 0.449 e. The van der Waals surface area contributed by atoms with Crippen molar-refractivity contribution in [2.45, 2.75) is 32.6 Å². The molecule has 0 atom stereocenters. The fraction of sp³-hybridized carbons (Fsp3) is 0.375. The second-order valence-electron chi connectivity index (χ2n) is 6.00. The van der Waals surface area contributed by atoms with E-state index in [1.165, 1.54) is 35.2 Å². The summed E-state index contributed by atoms with van der Waals surface area (Å²) < 4.78 is 45.3. The number of fused-ring (bicyclic) bond motifs is 3. The zero-order chi connectivity index (χ0) is 17.8. The molecule has 5 nitrogen and oxygen atoms in total. The van der Waals surface area contributed by atoms with Crippen molar-refractivity contribution in [1.82, 2.24) is 14.9 Å². The van der Waals surface area contributed by atoms with Crippen molar-refractivity contribution in [3.63, 3.8) is 0 Å². The van der Waals surface area contributed by atoms with Crippen LogP contribution in [-0.2, 0) is 25.7 Å². The SMILES string of the molecule is Cc1cc(Cn2cnc3sc4c(c3c2=O)CCNC4)c(C(F)(F)F)o1. The number of aromatic nitrogens is 2. The lowest BCUT2D eigenvalue weighted by Gasteiger charge is -2.12. The number of rotatable bonds is 2. The lowest BCUT2D eigenvalue weighted by molar-refractivity contribution is -0.154. The number of alkyl halides is 3. The third kappa shape index (κ3) is 2.77. The number of hydrogen-bond acceptors (Lipinski definition) is 5. The molecule has 0 aromatic carbocycles. The van der Waals surface area contributed by atoms with E-state index in [2.05, 4.69) is 10.3 Å². The lowest BCUT2D eigenvalue weighted by Crippen LogP contribution is -2.25. The summed E-state index contributed by atoms with van der Waals surface area (Å²) in [6.07, 6.45) is -2.57. The maximum Gasteiger partial charge on any atom is 0.449 e. The molecular formula is C16H14F3N3O2S. The van der Waals surface area contributed by atoms with E-state index < -0.39 is 11.9 Å². The van der Waals surface area contributed by atoms with Crippen LogP contribution in [0.15, 0.2) is 21.6 Å². The van der Waals surface area contributed by atoms with E-state index in [-0.39, 0.29) is 23.4 Å². The van der Waals surface area contributed by atoms with E-state index in [1.54, 1.807) is 0 Å². The molecule has 0 saturated heterocycles. The van der Waals surface area contributed by atoms with Gasteiger partial charge in [-0.05, 0) is 31.5 Å². The molecule has 1 aliphatic rings. The predicted molar refractivity (Wildman–Crippen MR) is 86.8 cm³/mol. The molecule has 0 fully saturated rings. The van der Waals surface area contributed by atoms with E-state index in [9.17, 15) is 18.0 Å². The summed E-state index contributed by atoms with van der Waals surface area (Å²) >= 11 is 1.45. The Kier molecular flexibility index (Phi) is 3.73. The average Bonchev–Trinajstić information content (AvgIpc) is 3.10. The van der Waals surface area contributed by atoms with E-state index in [4.69, 9.17) is 4.42 Å². The van der Waals surface area contributed by atoms with Crippen LogP contribution in [0.2, 0.25) is 0 Å². The van der Waals surface area contributed by atoms with Crippen LogP contribution in [0, 0.1) is 6.92 Å². The van der Waals surface area contributed by atoms with Gasteiger partial charge in [-0.15, -0.1) is 11.3 Å². The third-order valence-corrected chi connectivity index (χ3v) is 5.37. The standard InChI is InChI=1S/C16H14F3N3O2S/c1-8-4-9(13(24-8)16(17,18)19)6-22-7-21-14-12(15(22)23)10-2-3-20-5-11(10)25-14/h4,7,20H,2-3,5-6H2,1H3. The summed E-state index contributed by atoms with van der Waals surface area (Å²) in [6.45, 7) is 2.68. The Labute approximate surface area is 144 Å². The molecule has 132 valence electrons. The molecule has 0 aliphatic carbocycles. The first-order chi connectivity index (χ1) is 11.8. The van der Waals surface area contributed by atoms with Crippen molar-refractivity contribution in [2.24, 2.45) is 0 Å². The summed E-state index contributed by atoms with van der Waals surface area (Å²) in [5.41, 5.74) is 0.584. The summed E-state index contributed by atoms with van der Waals surface area (Å²) in [5, 5.41) is 3.76. The molecule has 3 aromatic heterocycles. The van der Waals surface area contributed by atoms with Crippen LogP contribution in [0.4, 0.5) is 13.2 Å². The molecule has 0 bridgehead atoms. The molecule has 4 rings (SSSR count). The van der Waals surface area contributed by atoms with Gasteiger partial charge in [0.2, 0.25) is 5.76 Å². The summed E-state index contributed by atoms with van der Waals surface area (Å²) in [7, 11) is 0. The molecule has 0 amide bonds. The van der Waals surface area contributed by atoms with Gasteiger partial charge >= 0.3 is 6.18 Å². The first-order valence-corrected chi connectivity index (χ1v) is 8.53. The molecule has 1 aliphatic heterocycles. The van der Waals surface area contributed by atoms with Crippen molar-refractivity contribution in [1.29, 1.82) is 0 Å². The minimum Gasteiger partial charge on any atom is -0.456 e. The van der Waals surface area contributed by atoms with Gasteiger partial charge < -0.3 is 9.73 Å². The Morgan fingerprint density at radius 2 is 2.24 bits per heavy atom. The first-order valence-electron chi connectivity index (χ1n) is 7.71. The highest BCUT2D eigenvalue weighted by atomic mass is 32.1. The number of hydrogen-bond donors (Lipinski definition) is 1. The monoisotopic (exact) mass is 369 g/mol. The van der Waals surface area contributed by atoms with Crippen molar-refractivity contribution >= 4 is 21.6 Å². The number of thiophene rings is 1. The van der Waals surface area contributed by atoms with Crippen LogP contribution in [0.3, 0.4) is 0 Å². The molecule has 0 unspecified atom stereocenters. The van der Waals surface area contributed by atoms with Gasteiger partial charge in [0.05, 0.1) is 18.3 Å². The average molecular weight is 369 g/mol. The minimum absolute atomic E-state index is 0.0704. The van der Waals surface area contributed by atoms with Gasteiger partial charge in [0.25, 0.3) is 5.56 Å². The normalized spacial score (nSPS) is 14.9. The van der Waals surface area contributed by atoms with Crippen molar-refractivity contribution < 1.29 is 17.6 Å². The Morgan fingerprint density at radius 3 is 3.00 bits per heavy atom. The summed E-state index contributed by atoms with van der Waals surface area (Å²) in [6, 6.07) is 1.31. The number of nitrogens with one attached hydrogen (secondary N) is 1. The number of halogens is 3. The van der Waals surface area contributed by atoms with Crippen LogP contribution in [0.25, 0.3) is 10.2 Å². The zero-order valence-electron chi connectivity index (χ0n) is 13.2. The van der Waals surface area contributed by atoms with Gasteiger partial charge in [0.15, 0.2) is 0 Å². The van der Waals surface area contributed by atoms with Crippen molar-refractivity contribution in [3.05, 3.63) is 50.3 Å². The van der Waals surface area contributed by atoms with Crippen LogP contribution in [0.5, 0.6) is 0 Å². The van der Waals surface area contributed by atoms with E-state index >= 15 is 0 Å². The molecule has 25 heavy (non-hydrogen) atoms. The molecule has 1 N–H and O–H groups in total. The van der Waals surface area contributed by atoms with Gasteiger partial charge in [-0.3, -0.25) is 9.36 Å². The Balaban J connectivity index is 1.81. The number of nitrogens with zero attached hydrogens (tertiary/aromatic N) is 2. The van der Waals surface area contributed by atoms with Crippen LogP contribution in [-0.4, -0.2) is 16.1 Å². The van der Waals surface area contributed by atoms with Gasteiger partial charge in [-0.1, -0.05) is 0 Å². The molecule has 0 radical (unpaired) electrons. The molecular weight excluding hydrogens is 355 g/mol. The second-order valence-corrected chi connectivity index (χ2v) is 7.08. The lowest BCUT2D eigenvalue weighted by atomic mass is 10.1. The largest absolute Gasteiger partial charge is 0.456 e. The van der Waals surface area contributed by atoms with E-state index in [1.807, 2.05) is 0 Å². The predicted octanol–water partition coefficient (Wildman–Crippen LogP) is 3.07. The highest BCUT2D eigenvalue weighted by Gasteiger charge is 2.38. The maximum absolute atomic E-state index is 13.1. The van der Waals surface area contributed by atoms with Gasteiger partial charge in [-0.2, -0.15) is 13.2 Å². The molecule has 0 spiro atoms. The van der Waals surface area contributed by atoms with E-state index in [0.717, 1.165) is 23.4 Å². The first kappa shape index (κ1) is 16.3. The van der Waals surface area contributed by atoms with Crippen LogP contribution >= 0.6 is 11.3 Å². The highest BCUT2D eigenvalue weighted by Crippen LogP contribution is 2.34. The van der Waals surface area contributed by atoms with Crippen LogP contribution < -0.4 is 10.9 Å². The zero-order valence-corrected chi connectivity index (χ0v) is 14.1. The second kappa shape index (κ2) is 5.70. The van der Waals surface area contributed by atoms with E-state index in [0.29, 0.717) is 16.8 Å². The minimum atomic E-state index is -4.60. The summed E-state index contributed by atoms with van der Waals surface area (Å²) in [5.74, 6) is -0.906. The molecule has 9 heteroatoms. The molecule has 0 saturated carbocycles. The molecule has 3 aromatic rings. The highest BCUT2D eigenvalue weighted by molar-refractivity contribution is 7.18. The van der Waals surface area contributed by atoms with Crippen LogP contribution in [0.1, 0.15) is 27.5 Å². The van der Waals surface area contributed by atoms with Gasteiger partial charge in [0, 0.05) is 17.0 Å².